The minimum absolute atomic E-state index is 0.0359. The molecule has 18 heteroatoms. The highest BCUT2D eigenvalue weighted by Crippen LogP contribution is 2.49. The van der Waals surface area contributed by atoms with Crippen molar-refractivity contribution in [2.45, 2.75) is 62.8 Å². The van der Waals surface area contributed by atoms with Crippen molar-refractivity contribution in [3.63, 3.8) is 0 Å². The molecule has 0 radical (unpaired) electrons. The first-order valence-corrected chi connectivity index (χ1v) is 22.0. The van der Waals surface area contributed by atoms with Crippen LogP contribution in [0.2, 0.25) is 5.02 Å². The number of pyridine rings is 1. The van der Waals surface area contributed by atoms with E-state index in [4.69, 9.17) is 16.6 Å². The van der Waals surface area contributed by atoms with Crippen molar-refractivity contribution < 1.29 is 53.4 Å². The van der Waals surface area contributed by atoms with Gasteiger partial charge in [-0.3, -0.25) is 13.7 Å². The van der Waals surface area contributed by atoms with Gasteiger partial charge in [-0.2, -0.15) is 25.3 Å². The summed E-state index contributed by atoms with van der Waals surface area (Å²) in [5.74, 6) is -1.49. The van der Waals surface area contributed by atoms with Crippen molar-refractivity contribution in [3.05, 3.63) is 112 Å². The lowest BCUT2D eigenvalue weighted by Gasteiger charge is -2.27. The summed E-state index contributed by atoms with van der Waals surface area (Å²) in [5, 5.41) is 9.94. The van der Waals surface area contributed by atoms with E-state index in [0.717, 1.165) is 5.56 Å². The zero-order chi connectivity index (χ0) is 40.7. The van der Waals surface area contributed by atoms with Crippen molar-refractivity contribution in [1.82, 2.24) is 0 Å². The van der Waals surface area contributed by atoms with Crippen molar-refractivity contribution >= 4 is 70.7 Å². The first kappa shape index (κ1) is 41.9. The largest absolute Gasteiger partial charge is 0.478 e. The molecule has 0 unspecified atom stereocenters. The molecule has 2 aliphatic heterocycles. The number of halogens is 1. The number of carbonyl (C=O) groups is 1. The predicted octanol–water partition coefficient (Wildman–Crippen LogP) is 5.81. The van der Waals surface area contributed by atoms with Gasteiger partial charge in [-0.05, 0) is 90.5 Å². The van der Waals surface area contributed by atoms with Crippen LogP contribution in [0.15, 0.2) is 94.6 Å². The Labute approximate surface area is 325 Å². The predicted molar refractivity (Wildman–Crippen MR) is 209 cm³/mol. The van der Waals surface area contributed by atoms with Crippen LogP contribution in [0.25, 0.3) is 5.57 Å². The molecule has 2 aliphatic rings. The Kier molecular flexibility index (Phi) is 11.7. The van der Waals surface area contributed by atoms with Gasteiger partial charge in [-0.15, -0.1) is 0 Å². The third-order valence-corrected chi connectivity index (χ3v) is 12.3. The van der Waals surface area contributed by atoms with E-state index in [1.54, 1.807) is 47.2 Å². The molecule has 0 aliphatic carbocycles. The van der Waals surface area contributed by atoms with Crippen LogP contribution in [-0.2, 0) is 47.7 Å². The van der Waals surface area contributed by atoms with Crippen LogP contribution in [0, 0.1) is 0 Å². The van der Waals surface area contributed by atoms with Crippen LogP contribution in [0.5, 0.6) is 0 Å². The molecule has 0 amide bonds. The first-order chi connectivity index (χ1) is 25.4. The second-order valence-electron chi connectivity index (χ2n) is 14.3. The van der Waals surface area contributed by atoms with Crippen molar-refractivity contribution in [2.75, 3.05) is 23.0 Å². The number of anilines is 1. The second-order valence-corrected chi connectivity index (χ2v) is 19.3. The van der Waals surface area contributed by atoms with Gasteiger partial charge in [-0.25, -0.2) is 9.36 Å². The molecule has 0 bridgehead atoms. The molecule has 3 heterocycles. The molecule has 5 rings (SSSR count). The number of benzene rings is 2. The van der Waals surface area contributed by atoms with E-state index in [0.29, 0.717) is 44.6 Å². The highest BCUT2D eigenvalue weighted by Gasteiger charge is 2.43. The maximum Gasteiger partial charge on any atom is 0.335 e. The van der Waals surface area contributed by atoms with Gasteiger partial charge in [0.05, 0.1) is 44.5 Å². The van der Waals surface area contributed by atoms with Crippen molar-refractivity contribution in [3.8, 4) is 0 Å². The normalized spacial score (nSPS) is 17.5. The van der Waals surface area contributed by atoms with E-state index in [1.165, 1.54) is 30.3 Å². The SMILES string of the molecule is CC1(C)C(=CC=C(C=CC2=Nc3c(cc(Cl)c[n+]3CCCS(=O)(=O)O)C2(C)C)c2ccc(C(=O)O)cc2)N(CCCS(=O)(=O)O)c2ccc(S(=O)(=O)O)cc21. The van der Waals surface area contributed by atoms with Gasteiger partial charge in [0, 0.05) is 29.8 Å². The Morgan fingerprint density at radius 2 is 1.47 bits per heavy atom. The smallest absolute Gasteiger partial charge is 0.335 e. The molecule has 3 aromatic rings. The zero-order valence-electron chi connectivity index (χ0n) is 30.3. The molecule has 14 nitrogen and oxygen atoms in total. The van der Waals surface area contributed by atoms with E-state index >= 15 is 0 Å². The number of aromatic nitrogens is 1. The molecule has 4 N–H and O–H groups in total. The number of allylic oxidation sites excluding steroid dienone is 6. The third-order valence-electron chi connectivity index (χ3n) is 9.67. The summed E-state index contributed by atoms with van der Waals surface area (Å²) in [5.41, 5.74) is 2.99. The maximum atomic E-state index is 12.1. The number of aromatic carboxylic acids is 1. The summed E-state index contributed by atoms with van der Waals surface area (Å²) in [6.07, 6.45) is 8.99. The minimum atomic E-state index is -4.55. The number of hydrogen-bond donors (Lipinski definition) is 4. The molecule has 0 spiro atoms. The molecular formula is C37H41ClN3O11S3+. The van der Waals surface area contributed by atoms with Gasteiger partial charge in [0.2, 0.25) is 0 Å². The molecule has 0 fully saturated rings. The summed E-state index contributed by atoms with van der Waals surface area (Å²) in [7, 11) is -13.0. The average molecular weight is 835 g/mol. The quantitative estimate of drug-likeness (QED) is 0.0859. The van der Waals surface area contributed by atoms with Gasteiger partial charge in [0.15, 0.2) is 5.71 Å². The molecule has 1 aromatic heterocycles. The van der Waals surface area contributed by atoms with E-state index in [2.05, 4.69) is 0 Å². The number of hydrogen-bond acceptors (Lipinski definition) is 9. The number of carboxylic acids is 1. The van der Waals surface area contributed by atoms with Crippen molar-refractivity contribution in [1.29, 1.82) is 0 Å². The van der Waals surface area contributed by atoms with Gasteiger partial charge >= 0.3 is 11.8 Å². The Morgan fingerprint density at radius 3 is 2.07 bits per heavy atom. The summed E-state index contributed by atoms with van der Waals surface area (Å²) in [4.78, 5) is 18.1. The monoisotopic (exact) mass is 834 g/mol. The van der Waals surface area contributed by atoms with E-state index in [1.807, 2.05) is 38.7 Å². The summed E-state index contributed by atoms with van der Waals surface area (Å²) in [6.45, 7) is 7.97. The average Bonchev–Trinajstić information content (AvgIpc) is 3.44. The van der Waals surface area contributed by atoms with Crippen LogP contribution in [0.3, 0.4) is 0 Å². The number of carboxylic acid groups (broad SMARTS) is 1. The fourth-order valence-corrected chi connectivity index (χ4v) is 8.49. The second kappa shape index (κ2) is 15.4. The summed E-state index contributed by atoms with van der Waals surface area (Å²) in [6, 6.07) is 12.2. The minimum Gasteiger partial charge on any atom is -0.478 e. The first-order valence-electron chi connectivity index (χ1n) is 17.0. The van der Waals surface area contributed by atoms with E-state index < -0.39 is 58.7 Å². The van der Waals surface area contributed by atoms with Crippen molar-refractivity contribution in [2.24, 2.45) is 4.99 Å². The Bertz CT molecular complexity index is 2510. The Morgan fingerprint density at radius 1 is 0.855 bits per heavy atom. The fourth-order valence-electron chi connectivity index (χ4n) is 6.77. The fraction of sp³-hybridized carbons (Fsp3) is 0.324. The van der Waals surface area contributed by atoms with E-state index in [9.17, 15) is 48.8 Å². The topological polar surface area (TPSA) is 220 Å². The van der Waals surface area contributed by atoms with E-state index in [-0.39, 0.29) is 36.4 Å². The van der Waals surface area contributed by atoms with Crippen LogP contribution in [0.4, 0.5) is 11.5 Å². The van der Waals surface area contributed by atoms with Gasteiger partial charge in [-0.1, -0.05) is 49.7 Å². The lowest BCUT2D eigenvalue weighted by atomic mass is 9.81. The summed E-state index contributed by atoms with van der Waals surface area (Å²) >= 11 is 6.47. The lowest BCUT2D eigenvalue weighted by molar-refractivity contribution is -0.684. The molecule has 0 atom stereocenters. The van der Waals surface area contributed by atoms with Crippen LogP contribution in [-0.4, -0.2) is 73.7 Å². The molecule has 0 saturated heterocycles. The van der Waals surface area contributed by atoms with Gasteiger partial charge in [0.1, 0.15) is 6.20 Å². The zero-order valence-corrected chi connectivity index (χ0v) is 33.5. The molecule has 0 saturated carbocycles. The van der Waals surface area contributed by atoms with Crippen LogP contribution < -0.4 is 9.47 Å². The number of aryl methyl sites for hydroxylation is 1. The number of nitrogens with zero attached hydrogens (tertiary/aromatic N) is 3. The molecule has 2 aromatic carbocycles. The summed E-state index contributed by atoms with van der Waals surface area (Å²) < 4.78 is 100. The Hall–Kier alpha value is -4.23. The van der Waals surface area contributed by atoms with Crippen LogP contribution in [0.1, 0.15) is 67.6 Å². The standard InChI is InChI=1S/C37H40ClN3O11S3/c1-36(2)30-21-27(38)23-40(17-5-19-53(44,45)46)34(30)39-32(36)15-11-25(24-7-9-26(10-8-24)35(42)43)12-16-33-37(3,4)29-22-28(55(50,51)52)13-14-31(29)41(33)18-6-20-54(47,48)49/h7-16,21-23H,5-6,17-20H2,1-4H3,(H3-,42,43,44,45,46,47,48,49,50,51,52)/p+1. The maximum absolute atomic E-state index is 12.1. The number of aliphatic imine (C=N–C) groups is 1. The lowest BCUT2D eigenvalue weighted by Crippen LogP contribution is -2.36. The molecular weight excluding hydrogens is 794 g/mol. The van der Waals surface area contributed by atoms with Gasteiger partial charge in [0.25, 0.3) is 30.4 Å². The Balaban J connectivity index is 1.61. The van der Waals surface area contributed by atoms with Gasteiger partial charge < -0.3 is 10.0 Å². The third kappa shape index (κ3) is 9.60. The van der Waals surface area contributed by atoms with Crippen LogP contribution >= 0.6 is 11.6 Å². The number of fused-ring (bicyclic) bond motifs is 2. The molecule has 294 valence electrons. The molecule has 55 heavy (non-hydrogen) atoms. The highest BCUT2D eigenvalue weighted by molar-refractivity contribution is 7.86. The highest BCUT2D eigenvalue weighted by atomic mass is 35.5. The number of rotatable bonds is 14.